The highest BCUT2D eigenvalue weighted by molar-refractivity contribution is 5.78. The fraction of sp³-hybridized carbons (Fsp3) is 0.462. The van der Waals surface area contributed by atoms with Gasteiger partial charge in [0.05, 0.1) is 0 Å². The SMILES string of the molecule is O=C1O[C@@H]2[C@H]3O[C@H](c4ccccc4)O[C@H]3O[C@@H]2[C@@H]1O. The number of esters is 1. The first-order valence-electron chi connectivity index (χ1n) is 6.14. The molecule has 3 aliphatic heterocycles. The first-order chi connectivity index (χ1) is 9.24. The van der Waals surface area contributed by atoms with Crippen molar-refractivity contribution in [1.29, 1.82) is 0 Å². The fourth-order valence-electron chi connectivity index (χ4n) is 2.69. The van der Waals surface area contributed by atoms with Crippen LogP contribution in [0.4, 0.5) is 0 Å². The number of carbonyl (C=O) groups is 1. The van der Waals surface area contributed by atoms with Crippen LogP contribution in [-0.4, -0.2) is 41.8 Å². The van der Waals surface area contributed by atoms with E-state index in [2.05, 4.69) is 0 Å². The van der Waals surface area contributed by atoms with Gasteiger partial charge in [-0.3, -0.25) is 0 Å². The Labute approximate surface area is 108 Å². The summed E-state index contributed by atoms with van der Waals surface area (Å²) in [5.74, 6) is -0.666. The average molecular weight is 264 g/mol. The number of hydrogen-bond donors (Lipinski definition) is 1. The zero-order valence-corrected chi connectivity index (χ0v) is 9.84. The van der Waals surface area contributed by atoms with Gasteiger partial charge in [0.2, 0.25) is 0 Å². The predicted octanol–water partition coefficient (Wildman–Crippen LogP) is 0.112. The molecule has 0 spiro atoms. The van der Waals surface area contributed by atoms with Gasteiger partial charge in [0, 0.05) is 5.56 Å². The Hall–Kier alpha value is -1.47. The minimum Gasteiger partial charge on any atom is -0.454 e. The van der Waals surface area contributed by atoms with Crippen molar-refractivity contribution in [2.75, 3.05) is 0 Å². The number of aliphatic hydroxyl groups excluding tert-OH is 1. The van der Waals surface area contributed by atoms with E-state index in [9.17, 15) is 9.90 Å². The number of benzene rings is 1. The molecule has 0 radical (unpaired) electrons. The molecule has 6 nitrogen and oxygen atoms in total. The van der Waals surface area contributed by atoms with Crippen LogP contribution in [0.1, 0.15) is 11.9 Å². The lowest BCUT2D eigenvalue weighted by atomic mass is 10.1. The quantitative estimate of drug-likeness (QED) is 0.726. The van der Waals surface area contributed by atoms with E-state index in [1.165, 1.54) is 0 Å². The third-order valence-electron chi connectivity index (χ3n) is 3.62. The van der Waals surface area contributed by atoms with Crippen molar-refractivity contribution in [3.8, 4) is 0 Å². The van der Waals surface area contributed by atoms with Crippen LogP contribution in [0.3, 0.4) is 0 Å². The minimum atomic E-state index is -1.25. The summed E-state index contributed by atoms with van der Waals surface area (Å²) in [6.07, 6.45) is -4.17. The molecule has 1 N–H and O–H groups in total. The van der Waals surface area contributed by atoms with Crippen LogP contribution in [-0.2, 0) is 23.7 Å². The van der Waals surface area contributed by atoms with Gasteiger partial charge in [-0.25, -0.2) is 4.79 Å². The van der Waals surface area contributed by atoms with Gasteiger partial charge in [-0.05, 0) is 0 Å². The highest BCUT2D eigenvalue weighted by Crippen LogP contribution is 2.43. The van der Waals surface area contributed by atoms with E-state index in [0.717, 1.165) is 5.56 Å². The Bertz CT molecular complexity index is 503. The molecule has 3 fully saturated rings. The van der Waals surface area contributed by atoms with E-state index in [0.29, 0.717) is 0 Å². The molecule has 0 aliphatic carbocycles. The molecule has 0 aromatic heterocycles. The van der Waals surface area contributed by atoms with E-state index in [1.54, 1.807) is 0 Å². The van der Waals surface area contributed by atoms with Crippen molar-refractivity contribution in [3.05, 3.63) is 35.9 Å². The van der Waals surface area contributed by atoms with E-state index in [4.69, 9.17) is 18.9 Å². The number of ether oxygens (including phenoxy) is 4. The zero-order valence-electron chi connectivity index (χ0n) is 9.84. The van der Waals surface area contributed by atoms with Crippen molar-refractivity contribution in [2.45, 2.75) is 37.0 Å². The van der Waals surface area contributed by atoms with Crippen molar-refractivity contribution in [1.82, 2.24) is 0 Å². The van der Waals surface area contributed by atoms with E-state index in [-0.39, 0.29) is 0 Å². The summed E-state index contributed by atoms with van der Waals surface area (Å²) in [4.78, 5) is 11.3. The van der Waals surface area contributed by atoms with Gasteiger partial charge < -0.3 is 24.1 Å². The molecule has 4 rings (SSSR count). The molecule has 0 bridgehead atoms. The summed E-state index contributed by atoms with van der Waals surface area (Å²) >= 11 is 0. The third kappa shape index (κ3) is 1.61. The van der Waals surface area contributed by atoms with Gasteiger partial charge in [-0.1, -0.05) is 30.3 Å². The normalized spacial score (nSPS) is 43.9. The number of hydrogen-bond acceptors (Lipinski definition) is 6. The third-order valence-corrected chi connectivity index (χ3v) is 3.62. The van der Waals surface area contributed by atoms with Crippen molar-refractivity contribution >= 4 is 5.97 Å². The van der Waals surface area contributed by atoms with Gasteiger partial charge in [0.25, 0.3) is 0 Å². The van der Waals surface area contributed by atoms with Crippen LogP contribution in [0.15, 0.2) is 30.3 Å². The number of fused-ring (bicyclic) bond motifs is 3. The number of aliphatic hydroxyl groups is 1. The molecule has 6 atom stereocenters. The fourth-order valence-corrected chi connectivity index (χ4v) is 2.69. The van der Waals surface area contributed by atoms with Gasteiger partial charge in [-0.15, -0.1) is 0 Å². The first-order valence-corrected chi connectivity index (χ1v) is 6.14. The Morgan fingerprint density at radius 3 is 2.53 bits per heavy atom. The summed E-state index contributed by atoms with van der Waals surface area (Å²) in [7, 11) is 0. The summed E-state index contributed by atoms with van der Waals surface area (Å²) < 4.78 is 22.0. The van der Waals surface area contributed by atoms with Crippen LogP contribution in [0, 0.1) is 0 Å². The second-order valence-electron chi connectivity index (χ2n) is 4.79. The molecule has 1 aromatic carbocycles. The van der Waals surface area contributed by atoms with Gasteiger partial charge in [0.15, 0.2) is 30.9 Å². The van der Waals surface area contributed by atoms with Gasteiger partial charge >= 0.3 is 5.97 Å². The molecule has 19 heavy (non-hydrogen) atoms. The topological polar surface area (TPSA) is 74.2 Å². The maximum Gasteiger partial charge on any atom is 0.338 e. The zero-order chi connectivity index (χ0) is 13.0. The smallest absolute Gasteiger partial charge is 0.338 e. The lowest BCUT2D eigenvalue weighted by Gasteiger charge is -2.16. The monoisotopic (exact) mass is 264 g/mol. The van der Waals surface area contributed by atoms with Gasteiger partial charge in [0.1, 0.15) is 6.10 Å². The molecule has 100 valence electrons. The molecule has 3 saturated heterocycles. The molecule has 6 heteroatoms. The van der Waals surface area contributed by atoms with Crippen molar-refractivity contribution in [3.63, 3.8) is 0 Å². The standard InChI is InChI=1S/C13H12O6/c14-7-8-9(16-11(7)15)10-13(17-8)19-12(18-10)6-4-2-1-3-5-6/h1-5,7-10,12-14H/t7-,8+,9-,10+,12-,13+/m0/s1. The highest BCUT2D eigenvalue weighted by Gasteiger charge is 2.61. The van der Waals surface area contributed by atoms with Crippen LogP contribution in [0.25, 0.3) is 0 Å². The Morgan fingerprint density at radius 1 is 0.947 bits per heavy atom. The minimum absolute atomic E-state index is 0.490. The first kappa shape index (κ1) is 11.4. The van der Waals surface area contributed by atoms with Gasteiger partial charge in [-0.2, -0.15) is 0 Å². The van der Waals surface area contributed by atoms with Crippen molar-refractivity contribution < 1.29 is 28.8 Å². The Morgan fingerprint density at radius 2 is 1.74 bits per heavy atom. The molecule has 3 aliphatic rings. The summed E-state index contributed by atoms with van der Waals surface area (Å²) in [5, 5.41) is 9.60. The molecule has 0 amide bonds. The lowest BCUT2D eigenvalue weighted by molar-refractivity contribution is -0.173. The molecule has 1 aromatic rings. The summed E-state index contributed by atoms with van der Waals surface area (Å²) in [6, 6.07) is 9.46. The van der Waals surface area contributed by atoms with Crippen LogP contribution in [0.2, 0.25) is 0 Å². The van der Waals surface area contributed by atoms with Crippen LogP contribution < -0.4 is 0 Å². The summed E-state index contributed by atoms with van der Waals surface area (Å²) in [5.41, 5.74) is 0.877. The molecule has 0 unspecified atom stereocenters. The second kappa shape index (κ2) is 4.01. The maximum absolute atomic E-state index is 11.3. The molecule has 3 heterocycles. The van der Waals surface area contributed by atoms with Crippen LogP contribution in [0.5, 0.6) is 0 Å². The summed E-state index contributed by atoms with van der Waals surface area (Å²) in [6.45, 7) is 0. The predicted molar refractivity (Wildman–Crippen MR) is 59.7 cm³/mol. The molecular formula is C13H12O6. The van der Waals surface area contributed by atoms with Crippen molar-refractivity contribution in [2.24, 2.45) is 0 Å². The lowest BCUT2D eigenvalue weighted by Crippen LogP contribution is -2.32. The largest absolute Gasteiger partial charge is 0.454 e. The second-order valence-corrected chi connectivity index (χ2v) is 4.79. The number of carbonyl (C=O) groups excluding carboxylic acids is 1. The maximum atomic E-state index is 11.3. The Kier molecular flexibility index (Phi) is 2.40. The Balaban J connectivity index is 1.54. The van der Waals surface area contributed by atoms with E-state index < -0.39 is 43.0 Å². The van der Waals surface area contributed by atoms with E-state index in [1.807, 2.05) is 30.3 Å². The molecular weight excluding hydrogens is 252 g/mol. The molecule has 0 saturated carbocycles. The van der Waals surface area contributed by atoms with Crippen LogP contribution >= 0.6 is 0 Å². The highest BCUT2D eigenvalue weighted by atomic mass is 16.8. The average Bonchev–Trinajstić information content (AvgIpc) is 3.05. The van der Waals surface area contributed by atoms with E-state index >= 15 is 0 Å². The number of rotatable bonds is 1.